The van der Waals surface area contributed by atoms with Gasteiger partial charge in [0, 0.05) is 16.8 Å². The molecule has 2 aromatic carbocycles. The number of methoxy groups -OCH3 is 1. The molecule has 3 rings (SSSR count). The van der Waals surface area contributed by atoms with Crippen molar-refractivity contribution in [3.63, 3.8) is 0 Å². The minimum Gasteiger partial charge on any atom is -0.493 e. The summed E-state index contributed by atoms with van der Waals surface area (Å²) in [5.41, 5.74) is 1.56. The van der Waals surface area contributed by atoms with E-state index >= 15 is 0 Å². The van der Waals surface area contributed by atoms with E-state index in [0.29, 0.717) is 5.69 Å². The van der Waals surface area contributed by atoms with Crippen molar-refractivity contribution >= 4 is 22.9 Å². The van der Waals surface area contributed by atoms with Gasteiger partial charge in [0.05, 0.1) is 12.0 Å². The monoisotopic (exact) mass is 399 g/mol. The van der Waals surface area contributed by atoms with Gasteiger partial charge in [-0.25, -0.2) is 0 Å². The van der Waals surface area contributed by atoms with Crippen LogP contribution in [0.25, 0.3) is 0 Å². The number of hydrogen-bond donors (Lipinski definition) is 1. The fourth-order valence-electron chi connectivity index (χ4n) is 2.36. The molecule has 142 valence electrons. The number of nitrogens with one attached hydrogen (secondary N) is 1. The van der Waals surface area contributed by atoms with Crippen LogP contribution in [0.1, 0.15) is 20.8 Å². The van der Waals surface area contributed by atoms with Crippen LogP contribution in [-0.4, -0.2) is 19.6 Å². The number of ether oxygens (including phenoxy) is 2. The lowest BCUT2D eigenvalue weighted by Crippen LogP contribution is -2.12. The smallest absolute Gasteiger partial charge is 0.387 e. The Labute approximate surface area is 164 Å². The number of thiophene rings is 1. The first kappa shape index (κ1) is 19.4. The number of halogens is 2. The van der Waals surface area contributed by atoms with Gasteiger partial charge in [0.15, 0.2) is 11.5 Å². The van der Waals surface area contributed by atoms with E-state index in [2.05, 4.69) is 21.9 Å². The zero-order valence-corrected chi connectivity index (χ0v) is 15.6. The Kier molecular flexibility index (Phi) is 6.25. The first-order valence-corrected chi connectivity index (χ1v) is 9.03. The predicted molar refractivity (Wildman–Crippen MR) is 104 cm³/mol. The van der Waals surface area contributed by atoms with E-state index in [4.69, 9.17) is 4.74 Å². The maximum atomic E-state index is 12.5. The third-order valence-corrected chi connectivity index (χ3v) is 4.40. The summed E-state index contributed by atoms with van der Waals surface area (Å²) < 4.78 is 34.2. The van der Waals surface area contributed by atoms with Crippen LogP contribution in [0.4, 0.5) is 14.5 Å². The summed E-state index contributed by atoms with van der Waals surface area (Å²) in [5, 5.41) is 4.71. The second-order valence-electron chi connectivity index (χ2n) is 5.51. The molecule has 4 nitrogen and oxygen atoms in total. The largest absolute Gasteiger partial charge is 0.493 e. The van der Waals surface area contributed by atoms with Gasteiger partial charge in [0.2, 0.25) is 0 Å². The highest BCUT2D eigenvalue weighted by atomic mass is 32.1. The van der Waals surface area contributed by atoms with Crippen molar-refractivity contribution in [2.24, 2.45) is 0 Å². The molecule has 0 bridgehead atoms. The molecule has 7 heteroatoms. The maximum absolute atomic E-state index is 12.5. The van der Waals surface area contributed by atoms with Crippen molar-refractivity contribution in [1.29, 1.82) is 0 Å². The minimum atomic E-state index is -2.98. The summed E-state index contributed by atoms with van der Waals surface area (Å²) in [5.74, 6) is 5.59. The Morgan fingerprint density at radius 3 is 2.64 bits per heavy atom. The standard InChI is InChI=1S/C21H15F2NO3S/c1-26-19-13-15(8-10-18(19)27-21(22)23)20(25)24-16-5-2-4-14(12-16)7-9-17-6-3-11-28-17/h2-6,8,10-13,21H,1H3,(H,24,25). The highest BCUT2D eigenvalue weighted by Crippen LogP contribution is 2.29. The summed E-state index contributed by atoms with van der Waals surface area (Å²) >= 11 is 1.55. The van der Waals surface area contributed by atoms with Gasteiger partial charge in [-0.1, -0.05) is 24.0 Å². The van der Waals surface area contributed by atoms with Gasteiger partial charge in [-0.3, -0.25) is 4.79 Å². The van der Waals surface area contributed by atoms with E-state index in [9.17, 15) is 13.6 Å². The molecule has 0 saturated heterocycles. The lowest BCUT2D eigenvalue weighted by atomic mass is 10.1. The van der Waals surface area contributed by atoms with Crippen molar-refractivity contribution in [2.45, 2.75) is 6.61 Å². The van der Waals surface area contributed by atoms with Gasteiger partial charge in [0.25, 0.3) is 5.91 Å². The Hall–Kier alpha value is -3.37. The molecule has 28 heavy (non-hydrogen) atoms. The lowest BCUT2D eigenvalue weighted by molar-refractivity contribution is -0.0512. The van der Waals surface area contributed by atoms with Crippen LogP contribution in [0.2, 0.25) is 0 Å². The van der Waals surface area contributed by atoms with Gasteiger partial charge in [-0.15, -0.1) is 11.3 Å². The van der Waals surface area contributed by atoms with Crippen LogP contribution < -0.4 is 14.8 Å². The van der Waals surface area contributed by atoms with Gasteiger partial charge < -0.3 is 14.8 Å². The normalized spacial score (nSPS) is 10.1. The molecule has 1 aromatic heterocycles. The number of carbonyl (C=O) groups is 1. The van der Waals surface area contributed by atoms with Gasteiger partial charge >= 0.3 is 6.61 Å². The zero-order valence-electron chi connectivity index (χ0n) is 14.7. The Morgan fingerprint density at radius 2 is 1.93 bits per heavy atom. The summed E-state index contributed by atoms with van der Waals surface area (Å²) in [7, 11) is 1.31. The molecule has 0 aliphatic rings. The first-order valence-electron chi connectivity index (χ1n) is 8.15. The Bertz CT molecular complexity index is 1020. The van der Waals surface area contributed by atoms with Crippen LogP contribution in [0, 0.1) is 11.8 Å². The summed E-state index contributed by atoms with van der Waals surface area (Å²) in [6.45, 7) is -2.98. The number of amides is 1. The van der Waals surface area contributed by atoms with Crippen LogP contribution in [0.5, 0.6) is 11.5 Å². The minimum absolute atomic E-state index is 0.0449. The van der Waals surface area contributed by atoms with E-state index < -0.39 is 12.5 Å². The number of carbonyl (C=O) groups excluding carboxylic acids is 1. The number of hydrogen-bond acceptors (Lipinski definition) is 4. The number of anilines is 1. The molecule has 0 unspecified atom stereocenters. The zero-order chi connectivity index (χ0) is 19.9. The van der Waals surface area contributed by atoms with E-state index in [0.717, 1.165) is 10.4 Å². The van der Waals surface area contributed by atoms with E-state index in [1.165, 1.54) is 25.3 Å². The molecule has 1 N–H and O–H groups in total. The third-order valence-electron chi connectivity index (χ3n) is 3.61. The quantitative estimate of drug-likeness (QED) is 0.614. The molecule has 0 saturated carbocycles. The molecule has 0 aliphatic carbocycles. The predicted octanol–water partition coefficient (Wildman–Crippen LogP) is 5.01. The highest BCUT2D eigenvalue weighted by Gasteiger charge is 2.14. The number of rotatable bonds is 5. The average Bonchev–Trinajstić information content (AvgIpc) is 3.20. The van der Waals surface area contributed by atoms with Crippen LogP contribution in [-0.2, 0) is 0 Å². The summed E-state index contributed by atoms with van der Waals surface area (Å²) in [4.78, 5) is 13.4. The molecule has 0 atom stereocenters. The average molecular weight is 399 g/mol. The molecule has 1 heterocycles. The molecule has 3 aromatic rings. The summed E-state index contributed by atoms with van der Waals surface area (Å²) in [6, 6.07) is 15.0. The van der Waals surface area contributed by atoms with Crippen molar-refractivity contribution in [2.75, 3.05) is 12.4 Å². The summed E-state index contributed by atoms with van der Waals surface area (Å²) in [6.07, 6.45) is 0. The van der Waals surface area contributed by atoms with Crippen molar-refractivity contribution in [3.8, 4) is 23.3 Å². The van der Waals surface area contributed by atoms with E-state index in [1.807, 2.05) is 23.6 Å². The molecule has 1 amide bonds. The van der Waals surface area contributed by atoms with E-state index in [-0.39, 0.29) is 17.1 Å². The van der Waals surface area contributed by atoms with Crippen LogP contribution in [0.3, 0.4) is 0 Å². The second kappa shape index (κ2) is 9.02. The van der Waals surface area contributed by atoms with Gasteiger partial charge in [-0.05, 0) is 47.8 Å². The fourth-order valence-corrected chi connectivity index (χ4v) is 2.93. The Morgan fingerprint density at radius 1 is 1.07 bits per heavy atom. The van der Waals surface area contributed by atoms with E-state index in [1.54, 1.807) is 29.5 Å². The van der Waals surface area contributed by atoms with Crippen molar-refractivity contribution in [3.05, 3.63) is 76.0 Å². The van der Waals surface area contributed by atoms with Crippen LogP contribution >= 0.6 is 11.3 Å². The Balaban J connectivity index is 1.75. The number of alkyl halides is 2. The third kappa shape index (κ3) is 5.09. The second-order valence-corrected chi connectivity index (χ2v) is 6.45. The highest BCUT2D eigenvalue weighted by molar-refractivity contribution is 7.10. The molecule has 0 spiro atoms. The molecule has 0 radical (unpaired) electrons. The first-order chi connectivity index (χ1) is 13.5. The van der Waals surface area contributed by atoms with Gasteiger partial charge in [0.1, 0.15) is 0 Å². The lowest BCUT2D eigenvalue weighted by Gasteiger charge is -2.11. The van der Waals surface area contributed by atoms with Gasteiger partial charge in [-0.2, -0.15) is 8.78 Å². The number of benzene rings is 2. The maximum Gasteiger partial charge on any atom is 0.387 e. The van der Waals surface area contributed by atoms with Crippen molar-refractivity contribution < 1.29 is 23.0 Å². The fraction of sp³-hybridized carbons (Fsp3) is 0.0952. The SMILES string of the molecule is COc1cc(C(=O)Nc2cccc(C#Cc3cccs3)c2)ccc1OC(F)F. The molecular formula is C21H15F2NO3S. The molecular weight excluding hydrogens is 384 g/mol. The molecule has 0 aliphatic heterocycles. The topological polar surface area (TPSA) is 47.6 Å². The van der Waals surface area contributed by atoms with Crippen LogP contribution in [0.15, 0.2) is 60.0 Å². The molecule has 0 fully saturated rings. The van der Waals surface area contributed by atoms with Crippen molar-refractivity contribution in [1.82, 2.24) is 0 Å².